The van der Waals surface area contributed by atoms with Gasteiger partial charge in [0.1, 0.15) is 11.5 Å². The standard InChI is InChI=1S/C27H29F3N2O7S/c1-17(33)15-32(40(38,39)21-10-7-19(8-11-21)27(28,29)30)16-25(36)23(13-18-5-3-2-4-6-18)31-26(37)22-12-9-20(34)14-24(22)35/h2-12,14,17,23,25,33-36H,13,15-16H2,1H3,(H,31,37)/t17-,23-,25+/m0/s1. The van der Waals surface area contributed by atoms with Gasteiger partial charge in [-0.2, -0.15) is 17.5 Å². The Balaban J connectivity index is 1.91. The molecule has 3 aromatic carbocycles. The van der Waals surface area contributed by atoms with Crippen molar-refractivity contribution < 1.29 is 46.8 Å². The minimum Gasteiger partial charge on any atom is -0.508 e. The van der Waals surface area contributed by atoms with E-state index in [-0.39, 0.29) is 17.7 Å². The molecule has 0 heterocycles. The van der Waals surface area contributed by atoms with Crippen molar-refractivity contribution in [2.24, 2.45) is 0 Å². The smallest absolute Gasteiger partial charge is 0.416 e. The fourth-order valence-electron chi connectivity index (χ4n) is 3.98. The Kier molecular flexibility index (Phi) is 9.79. The van der Waals surface area contributed by atoms with Crippen LogP contribution in [-0.2, 0) is 22.6 Å². The van der Waals surface area contributed by atoms with Crippen LogP contribution in [0, 0.1) is 0 Å². The van der Waals surface area contributed by atoms with Gasteiger partial charge in [0.05, 0.1) is 34.3 Å². The Bertz CT molecular complexity index is 1400. The molecule has 5 N–H and O–H groups in total. The summed E-state index contributed by atoms with van der Waals surface area (Å²) in [6, 6.07) is 13.6. The first kappa shape index (κ1) is 30.9. The van der Waals surface area contributed by atoms with Gasteiger partial charge in [0.2, 0.25) is 10.0 Å². The molecule has 0 radical (unpaired) electrons. The number of hydrogen-bond acceptors (Lipinski definition) is 7. The van der Waals surface area contributed by atoms with Crippen molar-refractivity contribution in [3.63, 3.8) is 0 Å². The van der Waals surface area contributed by atoms with Crippen molar-refractivity contribution in [1.82, 2.24) is 9.62 Å². The Morgan fingerprint density at radius 2 is 1.57 bits per heavy atom. The van der Waals surface area contributed by atoms with E-state index < -0.39 is 69.7 Å². The minimum absolute atomic E-state index is 0.0371. The van der Waals surface area contributed by atoms with Crippen LogP contribution >= 0.6 is 0 Å². The molecule has 13 heteroatoms. The number of hydrogen-bond donors (Lipinski definition) is 5. The van der Waals surface area contributed by atoms with Gasteiger partial charge in [0, 0.05) is 19.2 Å². The molecule has 3 atom stereocenters. The number of carbonyl (C=O) groups is 1. The summed E-state index contributed by atoms with van der Waals surface area (Å²) < 4.78 is 66.3. The maximum absolute atomic E-state index is 13.3. The van der Waals surface area contributed by atoms with Crippen molar-refractivity contribution in [3.8, 4) is 11.5 Å². The van der Waals surface area contributed by atoms with Crippen molar-refractivity contribution in [3.05, 3.63) is 89.5 Å². The quantitative estimate of drug-likeness (QED) is 0.234. The lowest BCUT2D eigenvalue weighted by atomic mass is 10.00. The van der Waals surface area contributed by atoms with Gasteiger partial charge in [-0.1, -0.05) is 30.3 Å². The van der Waals surface area contributed by atoms with Gasteiger partial charge in [-0.05, 0) is 55.3 Å². The number of amides is 1. The largest absolute Gasteiger partial charge is 0.508 e. The van der Waals surface area contributed by atoms with Crippen LogP contribution in [0.4, 0.5) is 13.2 Å². The number of nitrogens with one attached hydrogen (secondary N) is 1. The first-order valence-electron chi connectivity index (χ1n) is 12.1. The summed E-state index contributed by atoms with van der Waals surface area (Å²) in [4.78, 5) is 12.5. The van der Waals surface area contributed by atoms with Crippen LogP contribution in [-0.4, -0.2) is 70.4 Å². The van der Waals surface area contributed by atoms with E-state index in [1.165, 1.54) is 19.1 Å². The molecule has 0 aliphatic rings. The number of aliphatic hydroxyl groups is 2. The molecule has 40 heavy (non-hydrogen) atoms. The Morgan fingerprint density at radius 1 is 0.950 bits per heavy atom. The van der Waals surface area contributed by atoms with Gasteiger partial charge < -0.3 is 25.7 Å². The molecule has 3 aromatic rings. The topological polar surface area (TPSA) is 147 Å². The predicted octanol–water partition coefficient (Wildman–Crippen LogP) is 2.89. The van der Waals surface area contributed by atoms with Crippen LogP contribution in [0.1, 0.15) is 28.4 Å². The summed E-state index contributed by atoms with van der Waals surface area (Å²) in [5.41, 5.74) is -0.576. The molecular weight excluding hydrogens is 553 g/mol. The number of alkyl halides is 3. The summed E-state index contributed by atoms with van der Waals surface area (Å²) in [5.74, 6) is -1.62. The average molecular weight is 583 g/mol. The Hall–Kier alpha value is -3.65. The maximum Gasteiger partial charge on any atom is 0.416 e. The second-order valence-electron chi connectivity index (χ2n) is 9.23. The van der Waals surface area contributed by atoms with Crippen LogP contribution in [0.25, 0.3) is 0 Å². The Morgan fingerprint density at radius 3 is 2.12 bits per heavy atom. The lowest BCUT2D eigenvalue weighted by molar-refractivity contribution is -0.137. The Labute approximate surface area is 229 Å². The number of halogens is 3. The van der Waals surface area contributed by atoms with E-state index in [1.807, 2.05) is 0 Å². The zero-order valence-electron chi connectivity index (χ0n) is 21.3. The number of carbonyl (C=O) groups excluding carboxylic acids is 1. The molecule has 0 saturated heterocycles. The van der Waals surface area contributed by atoms with Crippen molar-refractivity contribution in [1.29, 1.82) is 0 Å². The highest BCUT2D eigenvalue weighted by Crippen LogP contribution is 2.30. The summed E-state index contributed by atoms with van der Waals surface area (Å²) in [7, 11) is -4.49. The second-order valence-corrected chi connectivity index (χ2v) is 11.2. The maximum atomic E-state index is 13.3. The number of aliphatic hydroxyl groups excluding tert-OH is 2. The molecule has 3 rings (SSSR count). The van der Waals surface area contributed by atoms with E-state index in [2.05, 4.69) is 5.32 Å². The molecule has 0 saturated carbocycles. The predicted molar refractivity (Wildman–Crippen MR) is 139 cm³/mol. The number of phenolic OH excluding ortho intramolecular Hbond substituents is 2. The molecular formula is C27H29F3N2O7S. The van der Waals surface area contributed by atoms with Gasteiger partial charge >= 0.3 is 6.18 Å². The molecule has 216 valence electrons. The van der Waals surface area contributed by atoms with Gasteiger partial charge in [0.25, 0.3) is 5.91 Å². The van der Waals surface area contributed by atoms with Crippen LogP contribution in [0.15, 0.2) is 77.7 Å². The number of nitrogens with zero attached hydrogens (tertiary/aromatic N) is 1. The van der Waals surface area contributed by atoms with Gasteiger partial charge in [-0.3, -0.25) is 4.79 Å². The van der Waals surface area contributed by atoms with Crippen LogP contribution in [0.5, 0.6) is 11.5 Å². The number of aromatic hydroxyl groups is 2. The fourth-order valence-corrected chi connectivity index (χ4v) is 5.51. The summed E-state index contributed by atoms with van der Waals surface area (Å²) in [5, 5.41) is 43.3. The molecule has 0 aliphatic carbocycles. The van der Waals surface area contributed by atoms with Crippen LogP contribution < -0.4 is 5.32 Å². The first-order chi connectivity index (χ1) is 18.7. The summed E-state index contributed by atoms with van der Waals surface area (Å²) in [6.07, 6.45) is -7.40. The molecule has 0 aromatic heterocycles. The molecule has 0 fully saturated rings. The first-order valence-corrected chi connectivity index (χ1v) is 13.5. The highest BCUT2D eigenvalue weighted by atomic mass is 32.2. The molecule has 9 nitrogen and oxygen atoms in total. The monoisotopic (exact) mass is 582 g/mol. The van der Waals surface area contributed by atoms with E-state index in [0.717, 1.165) is 22.5 Å². The van der Waals surface area contributed by atoms with E-state index in [1.54, 1.807) is 30.3 Å². The molecule has 0 spiro atoms. The van der Waals surface area contributed by atoms with E-state index in [9.17, 15) is 46.8 Å². The zero-order chi connectivity index (χ0) is 29.7. The van der Waals surface area contributed by atoms with Gasteiger partial charge in [-0.25, -0.2) is 8.42 Å². The lowest BCUT2D eigenvalue weighted by Gasteiger charge is -2.30. The number of rotatable bonds is 11. The van der Waals surface area contributed by atoms with Gasteiger partial charge in [0.15, 0.2) is 0 Å². The molecule has 0 bridgehead atoms. The highest BCUT2D eigenvalue weighted by Gasteiger charge is 2.34. The highest BCUT2D eigenvalue weighted by molar-refractivity contribution is 7.89. The fraction of sp³-hybridized carbons (Fsp3) is 0.296. The van der Waals surface area contributed by atoms with E-state index in [0.29, 0.717) is 17.7 Å². The number of benzene rings is 3. The lowest BCUT2D eigenvalue weighted by Crippen LogP contribution is -2.51. The van der Waals surface area contributed by atoms with Crippen LogP contribution in [0.3, 0.4) is 0 Å². The average Bonchev–Trinajstić information content (AvgIpc) is 2.87. The van der Waals surface area contributed by atoms with Crippen molar-refractivity contribution >= 4 is 15.9 Å². The third-order valence-corrected chi connectivity index (χ3v) is 7.83. The van der Waals surface area contributed by atoms with Crippen molar-refractivity contribution in [2.75, 3.05) is 13.1 Å². The number of phenols is 2. The van der Waals surface area contributed by atoms with E-state index >= 15 is 0 Å². The second kappa shape index (κ2) is 12.7. The third kappa shape index (κ3) is 7.94. The molecule has 0 unspecified atom stereocenters. The SMILES string of the molecule is C[C@H](O)CN(C[C@@H](O)[C@H](Cc1ccccc1)NC(=O)c1ccc(O)cc1O)S(=O)(=O)c1ccc(C(F)(F)F)cc1. The molecule has 1 amide bonds. The zero-order valence-corrected chi connectivity index (χ0v) is 22.1. The third-order valence-electron chi connectivity index (χ3n) is 5.98. The van der Waals surface area contributed by atoms with Crippen LogP contribution in [0.2, 0.25) is 0 Å². The number of sulfonamides is 1. The van der Waals surface area contributed by atoms with Crippen molar-refractivity contribution in [2.45, 2.75) is 42.7 Å². The minimum atomic E-state index is -4.67. The molecule has 0 aliphatic heterocycles. The normalized spacial score (nSPS) is 14.5. The summed E-state index contributed by atoms with van der Waals surface area (Å²) in [6.45, 7) is 0.178. The van der Waals surface area contributed by atoms with E-state index in [4.69, 9.17) is 0 Å². The summed E-state index contributed by atoms with van der Waals surface area (Å²) >= 11 is 0. The van der Waals surface area contributed by atoms with Gasteiger partial charge in [-0.15, -0.1) is 0 Å².